The molecule has 1 aromatic carbocycles. The summed E-state index contributed by atoms with van der Waals surface area (Å²) in [4.78, 5) is 16.0. The van der Waals surface area contributed by atoms with Crippen molar-refractivity contribution in [1.82, 2.24) is 4.98 Å². The highest BCUT2D eigenvalue weighted by Gasteiger charge is 2.31. The summed E-state index contributed by atoms with van der Waals surface area (Å²) in [6.45, 7) is 3.64. The number of nitrogens with zero attached hydrogens (tertiary/aromatic N) is 1. The molecule has 1 N–H and O–H groups in total. The van der Waals surface area contributed by atoms with Crippen LogP contribution in [0.25, 0.3) is 10.9 Å². The molecule has 21 heavy (non-hydrogen) atoms. The molecule has 0 bridgehead atoms. The zero-order valence-corrected chi connectivity index (χ0v) is 12.2. The second-order valence-corrected chi connectivity index (χ2v) is 5.61. The number of hydrogen-bond donors (Lipinski definition) is 1. The molecule has 0 fully saturated rings. The summed E-state index contributed by atoms with van der Waals surface area (Å²) in [6, 6.07) is 2.54. The largest absolute Gasteiger partial charge is 0.478 e. The number of aromatic carboxylic acids is 1. The first kappa shape index (κ1) is 14.2. The van der Waals surface area contributed by atoms with Crippen LogP contribution < -0.4 is 0 Å². The molecule has 0 amide bonds. The Bertz CT molecular complexity index is 762. The third-order valence-corrected chi connectivity index (χ3v) is 4.01. The van der Waals surface area contributed by atoms with E-state index in [4.69, 9.17) is 16.3 Å². The molecule has 6 heteroatoms. The maximum Gasteiger partial charge on any atom is 0.336 e. The number of carboxylic acids is 1. The summed E-state index contributed by atoms with van der Waals surface area (Å²) in [6.07, 6.45) is -0.0746. The molecule has 2 heterocycles. The number of rotatable bonds is 1. The van der Waals surface area contributed by atoms with Gasteiger partial charge in [-0.25, -0.2) is 14.2 Å². The summed E-state index contributed by atoms with van der Waals surface area (Å²) in [5.41, 5.74) is 1.03. The van der Waals surface area contributed by atoms with Crippen LogP contribution >= 0.6 is 11.6 Å². The molecule has 1 aromatic heterocycles. The first-order chi connectivity index (χ1) is 9.90. The van der Waals surface area contributed by atoms with Crippen molar-refractivity contribution in [1.29, 1.82) is 0 Å². The fraction of sp³-hybridized carbons (Fsp3) is 0.333. The van der Waals surface area contributed by atoms with Gasteiger partial charge in [-0.15, -0.1) is 0 Å². The summed E-state index contributed by atoms with van der Waals surface area (Å²) in [5.74, 6) is -1.73. The zero-order valence-electron chi connectivity index (χ0n) is 11.5. The van der Waals surface area contributed by atoms with Crippen LogP contribution in [0.5, 0.6) is 0 Å². The fourth-order valence-corrected chi connectivity index (χ4v) is 3.16. The van der Waals surface area contributed by atoms with Crippen LogP contribution in [0.1, 0.15) is 41.6 Å². The van der Waals surface area contributed by atoms with Gasteiger partial charge >= 0.3 is 5.97 Å². The Morgan fingerprint density at radius 2 is 2.19 bits per heavy atom. The third kappa shape index (κ3) is 2.17. The zero-order chi connectivity index (χ0) is 15.3. The number of benzene rings is 1. The molecule has 0 saturated heterocycles. The van der Waals surface area contributed by atoms with E-state index in [1.54, 1.807) is 6.92 Å². The molecule has 4 nitrogen and oxygen atoms in total. The highest BCUT2D eigenvalue weighted by Crippen LogP contribution is 2.38. The molecule has 0 radical (unpaired) electrons. The molecular weight excluding hydrogens is 297 g/mol. The Kier molecular flexibility index (Phi) is 3.34. The first-order valence-corrected chi connectivity index (χ1v) is 6.97. The van der Waals surface area contributed by atoms with Gasteiger partial charge in [-0.3, -0.25) is 0 Å². The molecule has 1 aliphatic heterocycles. The van der Waals surface area contributed by atoms with Gasteiger partial charge in [0, 0.05) is 17.4 Å². The van der Waals surface area contributed by atoms with E-state index in [9.17, 15) is 14.3 Å². The van der Waals surface area contributed by atoms with E-state index in [1.165, 1.54) is 12.1 Å². The maximum atomic E-state index is 14.0. The van der Waals surface area contributed by atoms with Gasteiger partial charge in [-0.05, 0) is 26.0 Å². The predicted molar refractivity (Wildman–Crippen MR) is 76.3 cm³/mol. The van der Waals surface area contributed by atoms with E-state index >= 15 is 0 Å². The van der Waals surface area contributed by atoms with E-state index in [1.807, 2.05) is 6.92 Å². The van der Waals surface area contributed by atoms with Gasteiger partial charge in [0.15, 0.2) is 0 Å². The topological polar surface area (TPSA) is 59.4 Å². The van der Waals surface area contributed by atoms with E-state index in [-0.39, 0.29) is 27.6 Å². The smallest absolute Gasteiger partial charge is 0.336 e. The standard InChI is InChI=1S/C15H13ClFNO3/c1-6-5-10-11(7(2)21-6)13(15(19)20)12-8(16)3-4-9(17)14(12)18-10/h3-4,6-7H,5H2,1-2H3,(H,19,20). The van der Waals surface area contributed by atoms with Crippen LogP contribution in [0, 0.1) is 5.82 Å². The van der Waals surface area contributed by atoms with E-state index in [0.29, 0.717) is 17.7 Å². The number of carbonyl (C=O) groups is 1. The average molecular weight is 310 g/mol. The quantitative estimate of drug-likeness (QED) is 0.871. The van der Waals surface area contributed by atoms with Crippen molar-refractivity contribution in [2.75, 3.05) is 0 Å². The van der Waals surface area contributed by atoms with Gasteiger partial charge in [-0.1, -0.05) is 11.6 Å². The Morgan fingerprint density at radius 1 is 1.48 bits per heavy atom. The second-order valence-electron chi connectivity index (χ2n) is 5.20. The number of pyridine rings is 1. The molecule has 0 aliphatic carbocycles. The maximum absolute atomic E-state index is 14.0. The molecule has 2 aromatic rings. The van der Waals surface area contributed by atoms with Crippen LogP contribution in [-0.4, -0.2) is 22.2 Å². The lowest BCUT2D eigenvalue weighted by atomic mass is 9.92. The first-order valence-electron chi connectivity index (χ1n) is 6.59. The SMILES string of the molecule is CC1Cc2nc3c(F)ccc(Cl)c3c(C(=O)O)c2C(C)O1. The third-order valence-electron chi connectivity index (χ3n) is 3.69. The lowest BCUT2D eigenvalue weighted by Gasteiger charge is -2.29. The van der Waals surface area contributed by atoms with Gasteiger partial charge in [0.2, 0.25) is 0 Å². The normalized spacial score (nSPS) is 21.3. The van der Waals surface area contributed by atoms with Crippen molar-refractivity contribution < 1.29 is 19.0 Å². The van der Waals surface area contributed by atoms with Crippen LogP contribution in [0.3, 0.4) is 0 Å². The monoisotopic (exact) mass is 309 g/mol. The highest BCUT2D eigenvalue weighted by atomic mass is 35.5. The van der Waals surface area contributed by atoms with Crippen molar-refractivity contribution in [2.24, 2.45) is 0 Å². The molecule has 2 unspecified atom stereocenters. The van der Waals surface area contributed by atoms with Gasteiger partial charge in [-0.2, -0.15) is 0 Å². The minimum absolute atomic E-state index is 0.0000463. The Balaban J connectivity index is 2.48. The second kappa shape index (κ2) is 4.93. The summed E-state index contributed by atoms with van der Waals surface area (Å²) >= 11 is 6.09. The minimum Gasteiger partial charge on any atom is -0.478 e. The van der Waals surface area contributed by atoms with E-state index < -0.39 is 17.9 Å². The number of carboxylic acid groups (broad SMARTS) is 1. The van der Waals surface area contributed by atoms with E-state index in [0.717, 1.165) is 0 Å². The lowest BCUT2D eigenvalue weighted by molar-refractivity contribution is -0.00662. The van der Waals surface area contributed by atoms with Gasteiger partial charge in [0.1, 0.15) is 11.3 Å². The number of aromatic nitrogens is 1. The van der Waals surface area contributed by atoms with Crippen molar-refractivity contribution in [2.45, 2.75) is 32.5 Å². The summed E-state index contributed by atoms with van der Waals surface area (Å²) in [5, 5.41) is 9.88. The van der Waals surface area contributed by atoms with E-state index in [2.05, 4.69) is 4.98 Å². The minimum atomic E-state index is -1.16. The van der Waals surface area contributed by atoms with Gasteiger partial charge < -0.3 is 9.84 Å². The van der Waals surface area contributed by atoms with Crippen LogP contribution in [0.2, 0.25) is 5.02 Å². The van der Waals surface area contributed by atoms with Crippen LogP contribution in [0.4, 0.5) is 4.39 Å². The van der Waals surface area contributed by atoms with Crippen LogP contribution in [-0.2, 0) is 11.2 Å². The molecule has 110 valence electrons. The Morgan fingerprint density at radius 3 is 2.86 bits per heavy atom. The van der Waals surface area contributed by atoms with Gasteiger partial charge in [0.05, 0.1) is 28.5 Å². The Hall–Kier alpha value is -1.72. The molecular formula is C15H13ClFNO3. The van der Waals surface area contributed by atoms with Crippen molar-refractivity contribution in [3.63, 3.8) is 0 Å². The van der Waals surface area contributed by atoms with Crippen molar-refractivity contribution >= 4 is 28.5 Å². The molecule has 0 spiro atoms. The van der Waals surface area contributed by atoms with Crippen molar-refractivity contribution in [3.05, 3.63) is 39.8 Å². The molecule has 3 rings (SSSR count). The summed E-state index contributed by atoms with van der Waals surface area (Å²) in [7, 11) is 0. The lowest BCUT2D eigenvalue weighted by Crippen LogP contribution is -2.26. The average Bonchev–Trinajstić information content (AvgIpc) is 2.40. The number of hydrogen-bond acceptors (Lipinski definition) is 3. The predicted octanol–water partition coefficient (Wildman–Crippen LogP) is 3.75. The molecule has 0 saturated carbocycles. The van der Waals surface area contributed by atoms with Crippen LogP contribution in [0.15, 0.2) is 12.1 Å². The number of ether oxygens (including phenoxy) is 1. The molecule has 1 aliphatic rings. The highest BCUT2D eigenvalue weighted by molar-refractivity contribution is 6.36. The fourth-order valence-electron chi connectivity index (χ4n) is 2.91. The van der Waals surface area contributed by atoms with Gasteiger partial charge in [0.25, 0.3) is 0 Å². The number of fused-ring (bicyclic) bond motifs is 2. The molecule has 2 atom stereocenters. The Labute approximate surface area is 125 Å². The number of halogens is 2. The van der Waals surface area contributed by atoms with Crippen molar-refractivity contribution in [3.8, 4) is 0 Å². The summed E-state index contributed by atoms with van der Waals surface area (Å²) < 4.78 is 19.7.